The van der Waals surface area contributed by atoms with Crippen molar-refractivity contribution in [1.82, 2.24) is 20.1 Å². The van der Waals surface area contributed by atoms with Crippen LogP contribution in [0, 0.1) is 13.8 Å². The molecule has 0 aliphatic carbocycles. The highest BCUT2D eigenvalue weighted by Gasteiger charge is 2.17. The van der Waals surface area contributed by atoms with Gasteiger partial charge in [0.1, 0.15) is 16.5 Å². The summed E-state index contributed by atoms with van der Waals surface area (Å²) < 4.78 is 6.00. The lowest BCUT2D eigenvalue weighted by molar-refractivity contribution is 0.0991. The van der Waals surface area contributed by atoms with Gasteiger partial charge in [-0.3, -0.25) is 14.8 Å². The Morgan fingerprint density at radius 2 is 2.03 bits per heavy atom. The summed E-state index contributed by atoms with van der Waals surface area (Å²) in [5, 5.41) is 4.90. The van der Waals surface area contributed by atoms with Crippen molar-refractivity contribution >= 4 is 33.0 Å². The molecule has 8 heteroatoms. The Kier molecular flexibility index (Phi) is 5.87. The molecule has 0 bridgehead atoms. The predicted molar refractivity (Wildman–Crippen MR) is 120 cm³/mol. The maximum Gasteiger partial charge on any atom is 0.170 e. The number of halogens is 1. The summed E-state index contributed by atoms with van der Waals surface area (Å²) in [6, 6.07) is 5.73. The highest BCUT2D eigenvalue weighted by molar-refractivity contribution is 9.10. The fourth-order valence-electron chi connectivity index (χ4n) is 3.10. The minimum Gasteiger partial charge on any atom is -0.361 e. The molecule has 30 heavy (non-hydrogen) atoms. The smallest absolute Gasteiger partial charge is 0.170 e. The summed E-state index contributed by atoms with van der Waals surface area (Å²) in [5.41, 5.74) is 4.77. The zero-order chi connectivity index (χ0) is 21.3. The quantitative estimate of drug-likeness (QED) is 0.331. The second-order valence-corrected chi connectivity index (χ2v) is 8.84. The molecule has 0 spiro atoms. The van der Waals surface area contributed by atoms with Gasteiger partial charge in [-0.25, -0.2) is 4.98 Å². The topological polar surface area (TPSA) is 81.8 Å². The second kappa shape index (κ2) is 8.57. The SMILES string of the molecule is CCc1sc(-c2cc(C)on2)nc1-c1ccc(CC(=O)c2cncc(Br)c2C)nc1. The molecule has 0 radical (unpaired) electrons. The van der Waals surface area contributed by atoms with E-state index in [9.17, 15) is 4.79 Å². The van der Waals surface area contributed by atoms with Crippen LogP contribution in [-0.2, 0) is 12.8 Å². The van der Waals surface area contributed by atoms with Gasteiger partial charge in [0.15, 0.2) is 5.78 Å². The summed E-state index contributed by atoms with van der Waals surface area (Å²) in [5.74, 6) is 0.750. The molecule has 0 aliphatic heterocycles. The molecule has 0 N–H and O–H groups in total. The number of hydrogen-bond acceptors (Lipinski definition) is 7. The van der Waals surface area contributed by atoms with Crippen LogP contribution in [0.3, 0.4) is 0 Å². The summed E-state index contributed by atoms with van der Waals surface area (Å²) >= 11 is 5.03. The number of nitrogens with zero attached hydrogens (tertiary/aromatic N) is 4. The van der Waals surface area contributed by atoms with E-state index in [-0.39, 0.29) is 12.2 Å². The molecule has 0 aliphatic rings. The number of pyridine rings is 2. The molecule has 0 unspecified atom stereocenters. The summed E-state index contributed by atoms with van der Waals surface area (Å²) in [7, 11) is 0. The standard InChI is InChI=1S/C22H19BrN4O2S/c1-4-20-21(26-22(30-20)18-7-12(2)29-27-18)14-5-6-15(25-9-14)8-19(28)16-10-24-11-17(23)13(16)3/h5-7,9-11H,4,8H2,1-3H3. The predicted octanol–water partition coefficient (Wildman–Crippen LogP) is 5.62. The molecule has 0 aromatic carbocycles. The Morgan fingerprint density at radius 3 is 2.70 bits per heavy atom. The molecule has 0 amide bonds. The third-order valence-electron chi connectivity index (χ3n) is 4.76. The first-order valence-corrected chi connectivity index (χ1v) is 11.1. The van der Waals surface area contributed by atoms with Gasteiger partial charge < -0.3 is 4.52 Å². The Hall–Kier alpha value is -2.71. The molecular formula is C22H19BrN4O2S. The highest BCUT2D eigenvalue weighted by atomic mass is 79.9. The van der Waals surface area contributed by atoms with Crippen molar-refractivity contribution in [2.75, 3.05) is 0 Å². The van der Waals surface area contributed by atoms with E-state index in [1.165, 1.54) is 0 Å². The van der Waals surface area contributed by atoms with Crippen molar-refractivity contribution in [2.45, 2.75) is 33.6 Å². The van der Waals surface area contributed by atoms with Crippen LogP contribution < -0.4 is 0 Å². The maximum atomic E-state index is 12.7. The summed E-state index contributed by atoms with van der Waals surface area (Å²) in [4.78, 5) is 27.2. The van der Waals surface area contributed by atoms with Crippen LogP contribution in [0.25, 0.3) is 22.0 Å². The van der Waals surface area contributed by atoms with Gasteiger partial charge in [-0.15, -0.1) is 11.3 Å². The van der Waals surface area contributed by atoms with E-state index in [2.05, 4.69) is 38.0 Å². The van der Waals surface area contributed by atoms with Crippen molar-refractivity contribution in [3.05, 3.63) is 68.7 Å². The van der Waals surface area contributed by atoms with Crippen molar-refractivity contribution < 1.29 is 9.32 Å². The van der Waals surface area contributed by atoms with Gasteiger partial charge in [0.2, 0.25) is 0 Å². The van der Waals surface area contributed by atoms with E-state index >= 15 is 0 Å². The Bertz CT molecular complexity index is 1210. The van der Waals surface area contributed by atoms with Crippen molar-refractivity contribution in [2.24, 2.45) is 0 Å². The molecule has 6 nitrogen and oxygen atoms in total. The molecular weight excluding hydrogens is 464 g/mol. The number of rotatable bonds is 6. The third kappa shape index (κ3) is 4.11. The van der Waals surface area contributed by atoms with Crippen LogP contribution in [0.2, 0.25) is 0 Å². The lowest BCUT2D eigenvalue weighted by Crippen LogP contribution is -2.08. The van der Waals surface area contributed by atoms with Crippen LogP contribution in [0.15, 0.2) is 45.8 Å². The van der Waals surface area contributed by atoms with Gasteiger partial charge in [-0.1, -0.05) is 12.1 Å². The lowest BCUT2D eigenvalue weighted by atomic mass is 10.0. The fourth-order valence-corrected chi connectivity index (χ4v) is 4.41. The average molecular weight is 483 g/mol. The molecule has 4 rings (SSSR count). The maximum absolute atomic E-state index is 12.7. The van der Waals surface area contributed by atoms with E-state index in [0.717, 1.165) is 49.1 Å². The monoisotopic (exact) mass is 482 g/mol. The molecule has 4 aromatic rings. The number of carbonyl (C=O) groups excluding carboxylic acids is 1. The number of ketones is 1. The van der Waals surface area contributed by atoms with Crippen LogP contribution >= 0.6 is 27.3 Å². The molecule has 0 saturated heterocycles. The number of aromatic nitrogens is 4. The fraction of sp³-hybridized carbons (Fsp3) is 0.227. The summed E-state index contributed by atoms with van der Waals surface area (Å²) in [6.07, 6.45) is 6.15. The third-order valence-corrected chi connectivity index (χ3v) is 6.78. The minimum atomic E-state index is -0.00635. The van der Waals surface area contributed by atoms with Crippen molar-refractivity contribution in [3.8, 4) is 22.0 Å². The van der Waals surface area contributed by atoms with E-state index < -0.39 is 0 Å². The Morgan fingerprint density at radius 1 is 1.20 bits per heavy atom. The van der Waals surface area contributed by atoms with E-state index in [1.807, 2.05) is 32.0 Å². The van der Waals surface area contributed by atoms with E-state index in [4.69, 9.17) is 9.51 Å². The van der Waals surface area contributed by atoms with Gasteiger partial charge in [-0.05, 0) is 53.9 Å². The second-order valence-electron chi connectivity index (χ2n) is 6.90. The van der Waals surface area contributed by atoms with Crippen molar-refractivity contribution in [3.63, 3.8) is 0 Å². The van der Waals surface area contributed by atoms with E-state index in [1.54, 1.807) is 29.9 Å². The average Bonchev–Trinajstić information content (AvgIpc) is 3.36. The molecule has 152 valence electrons. The van der Waals surface area contributed by atoms with E-state index in [0.29, 0.717) is 11.3 Å². The van der Waals surface area contributed by atoms with Crippen LogP contribution in [-0.4, -0.2) is 25.9 Å². The first kappa shape index (κ1) is 20.6. The first-order chi connectivity index (χ1) is 14.5. The molecule has 0 saturated carbocycles. The largest absolute Gasteiger partial charge is 0.361 e. The normalized spacial score (nSPS) is 11.1. The lowest BCUT2D eigenvalue weighted by Gasteiger charge is -2.06. The van der Waals surface area contributed by atoms with Gasteiger partial charge in [0, 0.05) is 50.8 Å². The van der Waals surface area contributed by atoms with Crippen molar-refractivity contribution in [1.29, 1.82) is 0 Å². The first-order valence-electron chi connectivity index (χ1n) is 9.48. The number of carbonyl (C=O) groups is 1. The number of thiazole rings is 1. The zero-order valence-corrected chi connectivity index (χ0v) is 19.2. The minimum absolute atomic E-state index is 0.00635. The Balaban J connectivity index is 1.57. The number of hydrogen-bond donors (Lipinski definition) is 0. The highest BCUT2D eigenvalue weighted by Crippen LogP contribution is 2.33. The molecule has 0 fully saturated rings. The zero-order valence-electron chi connectivity index (χ0n) is 16.8. The van der Waals surface area contributed by atoms with Gasteiger partial charge in [-0.2, -0.15) is 0 Å². The van der Waals surface area contributed by atoms with Gasteiger partial charge >= 0.3 is 0 Å². The van der Waals surface area contributed by atoms with Crippen LogP contribution in [0.4, 0.5) is 0 Å². The van der Waals surface area contributed by atoms with Gasteiger partial charge in [0.25, 0.3) is 0 Å². The molecule has 0 atom stereocenters. The molecule has 4 heterocycles. The number of aryl methyl sites for hydroxylation is 2. The molecule has 4 aromatic heterocycles. The van der Waals surface area contributed by atoms with Crippen LogP contribution in [0.5, 0.6) is 0 Å². The summed E-state index contributed by atoms with van der Waals surface area (Å²) in [6.45, 7) is 5.86. The number of Topliss-reactive ketones (excluding diaryl/α,β-unsaturated/α-hetero) is 1. The van der Waals surface area contributed by atoms with Gasteiger partial charge in [0.05, 0.1) is 12.1 Å². The Labute approximate surface area is 186 Å². The van der Waals surface area contributed by atoms with Crippen LogP contribution in [0.1, 0.15) is 39.2 Å².